The molecule has 0 atom stereocenters. The Morgan fingerprint density at radius 3 is 2.53 bits per heavy atom. The van der Waals surface area contributed by atoms with Gasteiger partial charge in [0.05, 0.1) is 4.92 Å². The molecule has 0 fully saturated rings. The first-order chi connectivity index (χ1) is 6.97. The molecule has 1 amide bonds. The van der Waals surface area contributed by atoms with E-state index in [1.807, 2.05) is 0 Å². The highest BCUT2D eigenvalue weighted by molar-refractivity contribution is 5.99. The first-order valence-corrected chi connectivity index (χ1v) is 4.01. The Morgan fingerprint density at radius 2 is 2.13 bits per heavy atom. The van der Waals surface area contributed by atoms with Gasteiger partial charge in [0.25, 0.3) is 11.6 Å². The van der Waals surface area contributed by atoms with Crippen LogP contribution in [0.25, 0.3) is 0 Å². The second-order valence-corrected chi connectivity index (χ2v) is 2.97. The van der Waals surface area contributed by atoms with E-state index in [4.69, 9.17) is 5.73 Å². The van der Waals surface area contributed by atoms with Crippen molar-refractivity contribution in [3.05, 3.63) is 38.9 Å². The molecule has 2 N–H and O–H groups in total. The molecule has 0 bridgehead atoms. The molecule has 0 aliphatic carbocycles. The Hall–Kier alpha value is -2.24. The van der Waals surface area contributed by atoms with Crippen LogP contribution in [-0.2, 0) is 0 Å². The van der Waals surface area contributed by atoms with Gasteiger partial charge in [-0.2, -0.15) is 0 Å². The lowest BCUT2D eigenvalue weighted by atomic mass is 10.0. The van der Waals surface area contributed by atoms with Crippen molar-refractivity contribution < 1.29 is 14.5 Å². The molecule has 1 rings (SSSR count). The van der Waals surface area contributed by atoms with Gasteiger partial charge in [0.1, 0.15) is 11.8 Å². The Morgan fingerprint density at radius 1 is 1.53 bits per heavy atom. The lowest BCUT2D eigenvalue weighted by molar-refractivity contribution is -0.385. The van der Waals surface area contributed by atoms with Gasteiger partial charge in [0, 0.05) is 11.6 Å². The minimum Gasteiger partial charge on any atom is -0.365 e. The molecule has 0 saturated carbocycles. The molecule has 1 aromatic carbocycles. The number of aldehydes is 1. The van der Waals surface area contributed by atoms with Crippen LogP contribution in [0.15, 0.2) is 12.1 Å². The predicted molar refractivity (Wildman–Crippen MR) is 51.7 cm³/mol. The van der Waals surface area contributed by atoms with Gasteiger partial charge in [-0.15, -0.1) is 0 Å². The lowest BCUT2D eigenvalue weighted by Crippen LogP contribution is -2.15. The summed E-state index contributed by atoms with van der Waals surface area (Å²) in [7, 11) is 0. The summed E-state index contributed by atoms with van der Waals surface area (Å²) in [5, 5.41) is 10.6. The van der Waals surface area contributed by atoms with Crippen molar-refractivity contribution in [2.75, 3.05) is 0 Å². The van der Waals surface area contributed by atoms with Crippen LogP contribution in [0.4, 0.5) is 5.69 Å². The van der Waals surface area contributed by atoms with Crippen molar-refractivity contribution in [2.45, 2.75) is 6.92 Å². The number of hydrogen-bond donors (Lipinski definition) is 1. The average molecular weight is 208 g/mol. The smallest absolute Gasteiger partial charge is 0.283 e. The fourth-order valence-electron chi connectivity index (χ4n) is 1.33. The number of nitrogens with zero attached hydrogens (tertiary/aromatic N) is 1. The summed E-state index contributed by atoms with van der Waals surface area (Å²) in [5.41, 5.74) is 4.87. The standard InChI is InChI=1S/C9H8N2O4/c1-5-2-6(4-12)3-7(11(14)15)8(5)9(10)13/h2-4H,1H3,(H2,10,13). The zero-order valence-electron chi connectivity index (χ0n) is 7.89. The average Bonchev–Trinajstić information content (AvgIpc) is 2.15. The van der Waals surface area contributed by atoms with Crippen LogP contribution in [0.1, 0.15) is 26.3 Å². The van der Waals surface area contributed by atoms with Crippen LogP contribution in [0.2, 0.25) is 0 Å². The van der Waals surface area contributed by atoms with Crippen LogP contribution in [0.5, 0.6) is 0 Å². The summed E-state index contributed by atoms with van der Waals surface area (Å²) in [4.78, 5) is 31.3. The maximum absolute atomic E-state index is 11.0. The van der Waals surface area contributed by atoms with Gasteiger partial charge < -0.3 is 5.73 Å². The topological polar surface area (TPSA) is 103 Å². The molecular formula is C9H8N2O4. The lowest BCUT2D eigenvalue weighted by Gasteiger charge is -2.03. The fourth-order valence-corrected chi connectivity index (χ4v) is 1.33. The Kier molecular flexibility index (Phi) is 2.80. The first-order valence-electron chi connectivity index (χ1n) is 4.01. The molecule has 0 saturated heterocycles. The fraction of sp³-hybridized carbons (Fsp3) is 0.111. The summed E-state index contributed by atoms with van der Waals surface area (Å²) in [5.74, 6) is -0.878. The minimum absolute atomic E-state index is 0.143. The third-order valence-electron chi connectivity index (χ3n) is 1.92. The molecule has 78 valence electrons. The quantitative estimate of drug-likeness (QED) is 0.451. The number of nitrogens with two attached hydrogens (primary N) is 1. The number of primary amides is 1. The van der Waals surface area contributed by atoms with Crippen LogP contribution < -0.4 is 5.73 Å². The number of nitro groups is 1. The second-order valence-electron chi connectivity index (χ2n) is 2.97. The highest BCUT2D eigenvalue weighted by Gasteiger charge is 2.21. The van der Waals surface area contributed by atoms with E-state index in [1.54, 1.807) is 0 Å². The van der Waals surface area contributed by atoms with E-state index in [2.05, 4.69) is 0 Å². The normalized spacial score (nSPS) is 9.67. The third kappa shape index (κ3) is 1.98. The van der Waals surface area contributed by atoms with Gasteiger partial charge in [-0.25, -0.2) is 0 Å². The molecular weight excluding hydrogens is 200 g/mol. The Labute approximate surface area is 84.8 Å². The summed E-state index contributed by atoms with van der Waals surface area (Å²) < 4.78 is 0. The highest BCUT2D eigenvalue weighted by atomic mass is 16.6. The number of nitro benzene ring substituents is 1. The zero-order valence-corrected chi connectivity index (χ0v) is 7.89. The third-order valence-corrected chi connectivity index (χ3v) is 1.92. The minimum atomic E-state index is -0.878. The Bertz CT molecular complexity index is 454. The maximum atomic E-state index is 11.0. The van der Waals surface area contributed by atoms with E-state index in [-0.39, 0.29) is 11.1 Å². The van der Waals surface area contributed by atoms with Gasteiger partial charge in [-0.1, -0.05) is 0 Å². The number of carbonyl (C=O) groups excluding carboxylic acids is 2. The molecule has 0 heterocycles. The molecule has 0 aliphatic rings. The maximum Gasteiger partial charge on any atom is 0.283 e. The van der Waals surface area contributed by atoms with Gasteiger partial charge in [0.2, 0.25) is 0 Å². The molecule has 1 aromatic rings. The first kappa shape index (κ1) is 10.8. The largest absolute Gasteiger partial charge is 0.365 e. The molecule has 6 heteroatoms. The van der Waals surface area contributed by atoms with Gasteiger partial charge >= 0.3 is 0 Å². The van der Waals surface area contributed by atoms with E-state index in [0.717, 1.165) is 6.07 Å². The summed E-state index contributed by atoms with van der Waals surface area (Å²) >= 11 is 0. The van der Waals surface area contributed by atoms with Gasteiger partial charge in [0.15, 0.2) is 0 Å². The van der Waals surface area contributed by atoms with E-state index in [1.165, 1.54) is 13.0 Å². The molecule has 15 heavy (non-hydrogen) atoms. The highest BCUT2D eigenvalue weighted by Crippen LogP contribution is 2.23. The number of aryl methyl sites for hydroxylation is 1. The number of amides is 1. The summed E-state index contributed by atoms with van der Waals surface area (Å²) in [6.45, 7) is 1.49. The van der Waals surface area contributed by atoms with Crippen molar-refractivity contribution in [1.82, 2.24) is 0 Å². The van der Waals surface area contributed by atoms with Crippen molar-refractivity contribution in [3.8, 4) is 0 Å². The number of hydrogen-bond acceptors (Lipinski definition) is 4. The van der Waals surface area contributed by atoms with E-state index in [0.29, 0.717) is 11.8 Å². The van der Waals surface area contributed by atoms with Crippen LogP contribution in [-0.4, -0.2) is 17.1 Å². The van der Waals surface area contributed by atoms with E-state index in [9.17, 15) is 19.7 Å². The number of benzene rings is 1. The number of carbonyl (C=O) groups is 2. The molecule has 6 nitrogen and oxygen atoms in total. The molecule has 0 radical (unpaired) electrons. The molecule has 0 aliphatic heterocycles. The van der Waals surface area contributed by atoms with E-state index >= 15 is 0 Å². The Balaban J connectivity index is 3.56. The van der Waals surface area contributed by atoms with Gasteiger partial charge in [-0.3, -0.25) is 19.7 Å². The predicted octanol–water partition coefficient (Wildman–Crippen LogP) is 0.815. The molecule has 0 aromatic heterocycles. The van der Waals surface area contributed by atoms with Crippen LogP contribution in [0.3, 0.4) is 0 Å². The summed E-state index contributed by atoms with van der Waals surface area (Å²) in [6.07, 6.45) is 0.477. The van der Waals surface area contributed by atoms with Crippen molar-refractivity contribution in [2.24, 2.45) is 5.73 Å². The van der Waals surface area contributed by atoms with E-state index < -0.39 is 16.5 Å². The zero-order chi connectivity index (χ0) is 11.6. The monoisotopic (exact) mass is 208 g/mol. The number of rotatable bonds is 3. The van der Waals surface area contributed by atoms with Crippen LogP contribution in [0, 0.1) is 17.0 Å². The van der Waals surface area contributed by atoms with Crippen molar-refractivity contribution in [1.29, 1.82) is 0 Å². The molecule has 0 spiro atoms. The summed E-state index contributed by atoms with van der Waals surface area (Å²) in [6, 6.07) is 2.40. The van der Waals surface area contributed by atoms with Crippen molar-refractivity contribution in [3.63, 3.8) is 0 Å². The van der Waals surface area contributed by atoms with Crippen LogP contribution >= 0.6 is 0 Å². The SMILES string of the molecule is Cc1cc(C=O)cc([N+](=O)[O-])c1C(N)=O. The molecule has 0 unspecified atom stereocenters. The second kappa shape index (κ2) is 3.87. The van der Waals surface area contributed by atoms with Gasteiger partial charge in [-0.05, 0) is 18.6 Å². The van der Waals surface area contributed by atoms with Crippen molar-refractivity contribution >= 4 is 17.9 Å².